The molecule has 6 nitrogen and oxygen atoms in total. The number of likely N-dealkylation sites (tertiary alicyclic amines) is 1. The Kier molecular flexibility index (Phi) is 4.85. The normalized spacial score (nSPS) is 27.3. The second-order valence-corrected chi connectivity index (χ2v) is 7.82. The highest BCUT2D eigenvalue weighted by molar-refractivity contribution is 5.80. The fourth-order valence-corrected chi connectivity index (χ4v) is 3.89. The quantitative estimate of drug-likeness (QED) is 0.844. The summed E-state index contributed by atoms with van der Waals surface area (Å²) in [4.78, 5) is 26.8. The van der Waals surface area contributed by atoms with Gasteiger partial charge in [0.05, 0.1) is 18.1 Å². The number of aryl methyl sites for hydroxylation is 1. The molecule has 3 fully saturated rings. The number of carbonyl (C=O) groups excluding carboxylic acids is 2. The largest absolute Gasteiger partial charge is 0.370 e. The van der Waals surface area contributed by atoms with Gasteiger partial charge in [0.2, 0.25) is 5.91 Å². The number of rotatable bonds is 5. The first-order valence-corrected chi connectivity index (χ1v) is 9.60. The van der Waals surface area contributed by atoms with Gasteiger partial charge in [-0.3, -0.25) is 4.79 Å². The van der Waals surface area contributed by atoms with E-state index in [0.717, 1.165) is 12.1 Å². The molecule has 0 radical (unpaired) electrons. The predicted molar refractivity (Wildman–Crippen MR) is 97.5 cm³/mol. The molecule has 140 valence electrons. The molecule has 2 heterocycles. The average Bonchev–Trinajstić information content (AvgIpc) is 3.42. The summed E-state index contributed by atoms with van der Waals surface area (Å²) in [5.74, 6) is 0.629. The molecular weight excluding hydrogens is 330 g/mol. The van der Waals surface area contributed by atoms with Gasteiger partial charge >= 0.3 is 6.03 Å². The van der Waals surface area contributed by atoms with Gasteiger partial charge in [-0.1, -0.05) is 24.3 Å². The number of hydrogen-bond acceptors (Lipinski definition) is 3. The van der Waals surface area contributed by atoms with E-state index in [1.165, 1.54) is 18.4 Å². The molecule has 1 aliphatic carbocycles. The zero-order chi connectivity index (χ0) is 18.1. The molecule has 0 aromatic heterocycles. The van der Waals surface area contributed by atoms with Gasteiger partial charge in [-0.2, -0.15) is 0 Å². The molecule has 2 aliphatic heterocycles. The van der Waals surface area contributed by atoms with Crippen LogP contribution in [0.3, 0.4) is 0 Å². The van der Waals surface area contributed by atoms with Crippen molar-refractivity contribution < 1.29 is 14.3 Å². The first-order chi connectivity index (χ1) is 12.6. The van der Waals surface area contributed by atoms with E-state index in [2.05, 4.69) is 10.6 Å². The van der Waals surface area contributed by atoms with Crippen molar-refractivity contribution in [1.29, 1.82) is 0 Å². The smallest absolute Gasteiger partial charge is 0.317 e. The molecule has 1 aromatic carbocycles. The highest BCUT2D eigenvalue weighted by atomic mass is 16.5. The van der Waals surface area contributed by atoms with E-state index in [9.17, 15) is 9.59 Å². The van der Waals surface area contributed by atoms with Crippen LogP contribution in [0.5, 0.6) is 0 Å². The van der Waals surface area contributed by atoms with Crippen molar-refractivity contribution in [1.82, 2.24) is 15.5 Å². The Labute approximate surface area is 154 Å². The van der Waals surface area contributed by atoms with E-state index >= 15 is 0 Å². The van der Waals surface area contributed by atoms with Crippen molar-refractivity contribution in [2.24, 2.45) is 11.8 Å². The average molecular weight is 357 g/mol. The van der Waals surface area contributed by atoms with Gasteiger partial charge in [0.1, 0.15) is 0 Å². The third kappa shape index (κ3) is 3.85. The van der Waals surface area contributed by atoms with Crippen LogP contribution in [0.1, 0.15) is 30.4 Å². The second kappa shape index (κ2) is 7.27. The Bertz CT molecular complexity index is 689. The lowest BCUT2D eigenvalue weighted by atomic mass is 9.99. The fourth-order valence-electron chi connectivity index (χ4n) is 3.89. The number of amides is 3. The summed E-state index contributed by atoms with van der Waals surface area (Å²) in [6.07, 6.45) is 2.94. The molecule has 2 N–H and O–H groups in total. The zero-order valence-electron chi connectivity index (χ0n) is 15.2. The molecule has 0 spiro atoms. The first-order valence-electron chi connectivity index (χ1n) is 9.60. The Morgan fingerprint density at radius 2 is 2.00 bits per heavy atom. The maximum atomic E-state index is 12.6. The van der Waals surface area contributed by atoms with E-state index in [-0.39, 0.29) is 30.1 Å². The van der Waals surface area contributed by atoms with Crippen molar-refractivity contribution in [3.05, 3.63) is 35.4 Å². The molecule has 3 amide bonds. The van der Waals surface area contributed by atoms with Crippen LogP contribution in [-0.4, -0.2) is 48.7 Å². The molecule has 3 atom stereocenters. The summed E-state index contributed by atoms with van der Waals surface area (Å²) >= 11 is 0. The standard InChI is InChI=1S/C20H27N3O3/c1-13-4-2-3-5-15(13)10-22-20(25)23-11-16-8-17(18(12-23)26-16)19(24)21-9-14-6-7-14/h2-5,14,16-18H,6-12H2,1H3,(H,21,24)(H,22,25). The lowest BCUT2D eigenvalue weighted by Gasteiger charge is -2.32. The second-order valence-electron chi connectivity index (χ2n) is 7.82. The number of ether oxygens (including phenoxy) is 1. The van der Waals surface area contributed by atoms with Gasteiger partial charge in [0, 0.05) is 26.2 Å². The van der Waals surface area contributed by atoms with E-state index in [1.54, 1.807) is 4.90 Å². The van der Waals surface area contributed by atoms with Crippen molar-refractivity contribution in [3.63, 3.8) is 0 Å². The van der Waals surface area contributed by atoms with Crippen molar-refractivity contribution >= 4 is 11.9 Å². The van der Waals surface area contributed by atoms with Gasteiger partial charge in [-0.15, -0.1) is 0 Å². The number of fused-ring (bicyclic) bond motifs is 2. The summed E-state index contributed by atoms with van der Waals surface area (Å²) in [6.45, 7) is 4.39. The van der Waals surface area contributed by atoms with E-state index in [0.29, 0.717) is 32.0 Å². The highest BCUT2D eigenvalue weighted by Crippen LogP contribution is 2.33. The summed E-state index contributed by atoms with van der Waals surface area (Å²) in [6, 6.07) is 7.97. The molecule has 2 saturated heterocycles. The lowest BCUT2D eigenvalue weighted by molar-refractivity contribution is -0.127. The lowest BCUT2D eigenvalue weighted by Crippen LogP contribution is -2.51. The van der Waals surface area contributed by atoms with Crippen molar-refractivity contribution in [3.8, 4) is 0 Å². The number of nitrogens with one attached hydrogen (secondary N) is 2. The Hall–Kier alpha value is -2.08. The third-order valence-electron chi connectivity index (χ3n) is 5.73. The Morgan fingerprint density at radius 3 is 2.77 bits per heavy atom. The summed E-state index contributed by atoms with van der Waals surface area (Å²) in [5, 5.41) is 6.06. The third-order valence-corrected chi connectivity index (χ3v) is 5.73. The molecule has 3 unspecified atom stereocenters. The van der Waals surface area contributed by atoms with E-state index in [4.69, 9.17) is 4.74 Å². The van der Waals surface area contributed by atoms with E-state index in [1.807, 2.05) is 31.2 Å². The maximum absolute atomic E-state index is 12.6. The van der Waals surface area contributed by atoms with Crippen molar-refractivity contribution in [2.45, 2.75) is 44.9 Å². The van der Waals surface area contributed by atoms with Crippen LogP contribution in [0.2, 0.25) is 0 Å². The van der Waals surface area contributed by atoms with Crippen LogP contribution in [0, 0.1) is 18.8 Å². The number of morpholine rings is 1. The van der Waals surface area contributed by atoms with Gasteiger partial charge in [-0.05, 0) is 43.2 Å². The number of hydrogen-bond donors (Lipinski definition) is 2. The van der Waals surface area contributed by atoms with Crippen LogP contribution in [-0.2, 0) is 16.1 Å². The van der Waals surface area contributed by atoms with Crippen LogP contribution < -0.4 is 10.6 Å². The molecule has 6 heteroatoms. The fraction of sp³-hybridized carbons (Fsp3) is 0.600. The summed E-state index contributed by atoms with van der Waals surface area (Å²) in [7, 11) is 0. The number of urea groups is 1. The molecule has 26 heavy (non-hydrogen) atoms. The van der Waals surface area contributed by atoms with Crippen LogP contribution in [0.15, 0.2) is 24.3 Å². The summed E-state index contributed by atoms with van der Waals surface area (Å²) < 4.78 is 5.93. The minimum atomic E-state index is -0.183. The zero-order valence-corrected chi connectivity index (χ0v) is 15.2. The van der Waals surface area contributed by atoms with E-state index < -0.39 is 0 Å². The van der Waals surface area contributed by atoms with Gasteiger partial charge in [0.25, 0.3) is 0 Å². The SMILES string of the molecule is Cc1ccccc1CNC(=O)N1CC2CC(C(=O)NCC3CC3)C(C1)O2. The topological polar surface area (TPSA) is 70.7 Å². The minimum absolute atomic E-state index is 0.0327. The molecule has 2 bridgehead atoms. The molecule has 1 saturated carbocycles. The van der Waals surface area contributed by atoms with Gasteiger partial charge < -0.3 is 20.3 Å². The molecule has 4 rings (SSSR count). The van der Waals surface area contributed by atoms with Crippen LogP contribution >= 0.6 is 0 Å². The van der Waals surface area contributed by atoms with Gasteiger partial charge in [0.15, 0.2) is 0 Å². The van der Waals surface area contributed by atoms with Crippen LogP contribution in [0.4, 0.5) is 4.79 Å². The Morgan fingerprint density at radius 1 is 1.19 bits per heavy atom. The summed E-state index contributed by atoms with van der Waals surface area (Å²) in [5.41, 5.74) is 2.29. The number of carbonyl (C=O) groups is 2. The molecule has 1 aromatic rings. The van der Waals surface area contributed by atoms with Gasteiger partial charge in [-0.25, -0.2) is 4.79 Å². The monoisotopic (exact) mass is 357 g/mol. The number of nitrogens with zero attached hydrogens (tertiary/aromatic N) is 1. The van der Waals surface area contributed by atoms with Crippen LogP contribution in [0.25, 0.3) is 0 Å². The first kappa shape index (κ1) is 17.3. The minimum Gasteiger partial charge on any atom is -0.370 e. The number of benzene rings is 1. The Balaban J connectivity index is 1.30. The maximum Gasteiger partial charge on any atom is 0.317 e. The highest BCUT2D eigenvalue weighted by Gasteiger charge is 2.45. The molecular formula is C20H27N3O3. The molecule has 3 aliphatic rings. The van der Waals surface area contributed by atoms with Crippen molar-refractivity contribution in [2.75, 3.05) is 19.6 Å². The predicted octanol–water partition coefficient (Wildman–Crippen LogP) is 1.82.